The Kier molecular flexibility index (Phi) is 5.26. The second-order valence-corrected chi connectivity index (χ2v) is 1.80. The molecule has 0 fully saturated rings. The van der Waals surface area contributed by atoms with Crippen LogP contribution in [0.4, 0.5) is 0 Å². The molecule has 9 heavy (non-hydrogen) atoms. The van der Waals surface area contributed by atoms with Gasteiger partial charge >= 0.3 is 0 Å². The van der Waals surface area contributed by atoms with Crippen molar-refractivity contribution in [2.45, 2.75) is 0 Å². The molecule has 0 spiro atoms. The quantitative estimate of drug-likeness (QED) is 0.518. The maximum atomic E-state index is 5.30. The zero-order valence-electron chi connectivity index (χ0n) is 5.71. The molecule has 0 aromatic carbocycles. The average molecular weight is 129 g/mol. The lowest BCUT2D eigenvalue weighted by Gasteiger charge is -2.16. The summed E-state index contributed by atoms with van der Waals surface area (Å²) >= 11 is 0. The molecule has 54 valence electrons. The topological polar surface area (TPSA) is 55.3 Å². The SMILES string of the molecule is C=CN(CCN)CCN. The first kappa shape index (κ1) is 8.46. The van der Waals surface area contributed by atoms with Gasteiger partial charge in [-0.25, -0.2) is 0 Å². The molecule has 0 aliphatic carbocycles. The minimum absolute atomic E-state index is 0.659. The van der Waals surface area contributed by atoms with Crippen molar-refractivity contribution in [3.63, 3.8) is 0 Å². The van der Waals surface area contributed by atoms with Crippen LogP contribution in [0, 0.1) is 0 Å². The van der Waals surface area contributed by atoms with Crippen LogP contribution in [0.5, 0.6) is 0 Å². The van der Waals surface area contributed by atoms with E-state index in [-0.39, 0.29) is 0 Å². The predicted molar refractivity (Wildman–Crippen MR) is 39.9 cm³/mol. The van der Waals surface area contributed by atoms with Gasteiger partial charge < -0.3 is 16.4 Å². The van der Waals surface area contributed by atoms with Gasteiger partial charge in [-0.1, -0.05) is 6.58 Å². The third kappa shape index (κ3) is 4.00. The molecule has 0 heterocycles. The lowest BCUT2D eigenvalue weighted by Crippen LogP contribution is -2.29. The van der Waals surface area contributed by atoms with Gasteiger partial charge in [0.25, 0.3) is 0 Å². The molecule has 0 aromatic rings. The highest BCUT2D eigenvalue weighted by Gasteiger charge is 1.91. The maximum absolute atomic E-state index is 5.30. The van der Waals surface area contributed by atoms with Gasteiger partial charge in [0, 0.05) is 26.2 Å². The molecule has 0 saturated carbocycles. The molecule has 4 N–H and O–H groups in total. The molecule has 0 radical (unpaired) electrons. The third-order valence-electron chi connectivity index (χ3n) is 1.09. The van der Waals surface area contributed by atoms with Crippen molar-refractivity contribution in [3.8, 4) is 0 Å². The van der Waals surface area contributed by atoms with E-state index in [4.69, 9.17) is 11.5 Å². The van der Waals surface area contributed by atoms with Gasteiger partial charge in [0.1, 0.15) is 0 Å². The van der Waals surface area contributed by atoms with Crippen molar-refractivity contribution in [2.75, 3.05) is 26.2 Å². The Balaban J connectivity index is 3.29. The van der Waals surface area contributed by atoms with Crippen LogP contribution in [0.2, 0.25) is 0 Å². The van der Waals surface area contributed by atoms with E-state index in [2.05, 4.69) is 6.58 Å². The van der Waals surface area contributed by atoms with Crippen LogP contribution in [0.1, 0.15) is 0 Å². The highest BCUT2D eigenvalue weighted by Crippen LogP contribution is 1.82. The molecule has 0 aromatic heterocycles. The minimum Gasteiger partial charge on any atom is -0.375 e. The molecule has 0 unspecified atom stereocenters. The van der Waals surface area contributed by atoms with E-state index < -0.39 is 0 Å². The highest BCUT2D eigenvalue weighted by molar-refractivity contribution is 4.70. The summed E-state index contributed by atoms with van der Waals surface area (Å²) in [5, 5.41) is 0. The summed E-state index contributed by atoms with van der Waals surface area (Å²) < 4.78 is 0. The van der Waals surface area contributed by atoms with Crippen LogP contribution in [0.3, 0.4) is 0 Å². The van der Waals surface area contributed by atoms with E-state index >= 15 is 0 Å². The van der Waals surface area contributed by atoms with Crippen LogP contribution in [-0.4, -0.2) is 31.1 Å². The Morgan fingerprint density at radius 3 is 1.89 bits per heavy atom. The molecule has 0 saturated heterocycles. The van der Waals surface area contributed by atoms with Crippen molar-refractivity contribution in [1.82, 2.24) is 4.90 Å². The lowest BCUT2D eigenvalue weighted by molar-refractivity contribution is 0.396. The fraction of sp³-hybridized carbons (Fsp3) is 0.667. The van der Waals surface area contributed by atoms with Gasteiger partial charge in [0.05, 0.1) is 0 Å². The van der Waals surface area contributed by atoms with E-state index in [1.807, 2.05) is 4.90 Å². The largest absolute Gasteiger partial charge is 0.375 e. The first-order valence-electron chi connectivity index (χ1n) is 3.12. The summed E-state index contributed by atoms with van der Waals surface area (Å²) in [4.78, 5) is 2.00. The van der Waals surface area contributed by atoms with Gasteiger partial charge in [0.15, 0.2) is 0 Å². The molecule has 0 bridgehead atoms. The predicted octanol–water partition coefficient (Wildman–Crippen LogP) is -0.651. The summed E-state index contributed by atoms with van der Waals surface area (Å²) in [5.74, 6) is 0. The number of nitrogens with zero attached hydrogens (tertiary/aromatic N) is 1. The molecule has 0 aliphatic rings. The second kappa shape index (κ2) is 5.59. The molecule has 0 atom stereocenters. The van der Waals surface area contributed by atoms with Crippen molar-refractivity contribution in [1.29, 1.82) is 0 Å². The normalized spacial score (nSPS) is 9.11. The molecule has 0 rings (SSSR count). The molecule has 3 nitrogen and oxygen atoms in total. The molecule has 0 amide bonds. The van der Waals surface area contributed by atoms with Gasteiger partial charge in [-0.05, 0) is 6.20 Å². The van der Waals surface area contributed by atoms with Gasteiger partial charge in [-0.2, -0.15) is 0 Å². The van der Waals surface area contributed by atoms with E-state index in [1.54, 1.807) is 6.20 Å². The van der Waals surface area contributed by atoms with Gasteiger partial charge in [-0.3, -0.25) is 0 Å². The molecule has 0 aliphatic heterocycles. The summed E-state index contributed by atoms with van der Waals surface area (Å²) in [6, 6.07) is 0. The van der Waals surface area contributed by atoms with Crippen molar-refractivity contribution in [2.24, 2.45) is 11.5 Å². The van der Waals surface area contributed by atoms with E-state index in [1.165, 1.54) is 0 Å². The maximum Gasteiger partial charge on any atom is 0.0295 e. The van der Waals surface area contributed by atoms with Crippen molar-refractivity contribution in [3.05, 3.63) is 12.8 Å². The lowest BCUT2D eigenvalue weighted by atomic mass is 10.5. The Morgan fingerprint density at radius 1 is 1.22 bits per heavy atom. The Hall–Kier alpha value is -0.540. The second-order valence-electron chi connectivity index (χ2n) is 1.80. The Morgan fingerprint density at radius 2 is 1.67 bits per heavy atom. The van der Waals surface area contributed by atoms with Gasteiger partial charge in [-0.15, -0.1) is 0 Å². The fourth-order valence-electron chi connectivity index (χ4n) is 0.626. The zero-order valence-corrected chi connectivity index (χ0v) is 5.71. The molecular weight excluding hydrogens is 114 g/mol. The van der Waals surface area contributed by atoms with Crippen LogP contribution in [-0.2, 0) is 0 Å². The molecular formula is C6H15N3. The number of nitrogens with two attached hydrogens (primary N) is 2. The van der Waals surface area contributed by atoms with Crippen LogP contribution in [0.25, 0.3) is 0 Å². The van der Waals surface area contributed by atoms with E-state index in [0.717, 1.165) is 13.1 Å². The van der Waals surface area contributed by atoms with E-state index in [0.29, 0.717) is 13.1 Å². The summed E-state index contributed by atoms with van der Waals surface area (Å²) in [6.45, 7) is 6.63. The van der Waals surface area contributed by atoms with Crippen molar-refractivity contribution < 1.29 is 0 Å². The summed E-state index contributed by atoms with van der Waals surface area (Å²) in [7, 11) is 0. The first-order valence-corrected chi connectivity index (χ1v) is 3.12. The van der Waals surface area contributed by atoms with Crippen LogP contribution < -0.4 is 11.5 Å². The van der Waals surface area contributed by atoms with Gasteiger partial charge in [0.2, 0.25) is 0 Å². The fourth-order valence-corrected chi connectivity index (χ4v) is 0.626. The Labute approximate surface area is 56.3 Å². The van der Waals surface area contributed by atoms with Crippen LogP contribution >= 0.6 is 0 Å². The number of rotatable bonds is 5. The first-order chi connectivity index (χ1) is 4.35. The molecule has 3 heteroatoms. The van der Waals surface area contributed by atoms with Crippen molar-refractivity contribution >= 4 is 0 Å². The summed E-state index contributed by atoms with van der Waals surface area (Å²) in [6.07, 6.45) is 1.76. The minimum atomic E-state index is 0.659. The zero-order chi connectivity index (χ0) is 7.11. The monoisotopic (exact) mass is 129 g/mol. The smallest absolute Gasteiger partial charge is 0.0295 e. The third-order valence-corrected chi connectivity index (χ3v) is 1.09. The number of hydrogen-bond donors (Lipinski definition) is 2. The average Bonchev–Trinajstić information content (AvgIpc) is 1.88. The summed E-state index contributed by atoms with van der Waals surface area (Å²) in [5.41, 5.74) is 10.6. The Bertz CT molecular complexity index is 66.7. The van der Waals surface area contributed by atoms with E-state index in [9.17, 15) is 0 Å². The standard InChI is InChI=1S/C6H15N3/c1-2-9(5-3-7)6-4-8/h2H,1,3-8H2. The highest BCUT2D eigenvalue weighted by atomic mass is 15.1. The number of hydrogen-bond acceptors (Lipinski definition) is 3. The van der Waals surface area contributed by atoms with Crippen LogP contribution in [0.15, 0.2) is 12.8 Å².